The van der Waals surface area contributed by atoms with Crippen LogP contribution in [0.4, 0.5) is 5.69 Å². The van der Waals surface area contributed by atoms with Crippen LogP contribution in [-0.4, -0.2) is 31.1 Å². The van der Waals surface area contributed by atoms with Crippen molar-refractivity contribution in [3.8, 4) is 0 Å². The van der Waals surface area contributed by atoms with Crippen molar-refractivity contribution in [1.29, 1.82) is 0 Å². The fourth-order valence-corrected chi connectivity index (χ4v) is 2.61. The molecule has 2 nitrogen and oxygen atoms in total. The van der Waals surface area contributed by atoms with Crippen LogP contribution >= 0.6 is 0 Å². The molecule has 0 amide bonds. The summed E-state index contributed by atoms with van der Waals surface area (Å²) in [6, 6.07) is 10.5. The summed E-state index contributed by atoms with van der Waals surface area (Å²) in [7, 11) is 0. The Hall–Kier alpha value is -1.02. The van der Waals surface area contributed by atoms with Gasteiger partial charge in [-0.15, -0.1) is 0 Å². The molecule has 1 aliphatic rings. The topological polar surface area (TPSA) is 15.3 Å². The van der Waals surface area contributed by atoms with Gasteiger partial charge in [-0.3, -0.25) is 0 Å². The molecule has 0 radical (unpaired) electrons. The molecule has 1 aliphatic heterocycles. The van der Waals surface area contributed by atoms with Crippen LogP contribution in [0.1, 0.15) is 38.5 Å². The molecule has 0 aromatic heterocycles. The van der Waals surface area contributed by atoms with E-state index in [1.807, 2.05) is 0 Å². The van der Waals surface area contributed by atoms with Crippen molar-refractivity contribution in [1.82, 2.24) is 4.90 Å². The maximum atomic E-state index is 3.48. The molecule has 0 saturated carbocycles. The third kappa shape index (κ3) is 5.09. The Balaban J connectivity index is 1.53. The first kappa shape index (κ1) is 13.4. The van der Waals surface area contributed by atoms with E-state index in [2.05, 4.69) is 40.5 Å². The van der Waals surface area contributed by atoms with Crippen LogP contribution in [0.15, 0.2) is 30.3 Å². The number of unbranched alkanes of at least 4 members (excludes halogenated alkanes) is 1. The highest BCUT2D eigenvalue weighted by Crippen LogP contribution is 2.10. The van der Waals surface area contributed by atoms with Crippen LogP contribution in [0.3, 0.4) is 0 Å². The molecule has 1 saturated heterocycles. The highest BCUT2D eigenvalue weighted by atomic mass is 15.1. The van der Waals surface area contributed by atoms with Crippen molar-refractivity contribution in [2.75, 3.05) is 31.5 Å². The largest absolute Gasteiger partial charge is 0.385 e. The average Bonchev–Trinajstić information content (AvgIpc) is 2.68. The zero-order chi connectivity index (χ0) is 12.5. The predicted molar refractivity (Wildman–Crippen MR) is 79.1 cm³/mol. The van der Waals surface area contributed by atoms with E-state index in [0.717, 1.165) is 6.54 Å². The number of nitrogens with zero attached hydrogens (tertiary/aromatic N) is 1. The van der Waals surface area contributed by atoms with E-state index in [9.17, 15) is 0 Å². The van der Waals surface area contributed by atoms with Gasteiger partial charge in [-0.2, -0.15) is 0 Å². The van der Waals surface area contributed by atoms with Gasteiger partial charge in [-0.05, 0) is 57.5 Å². The van der Waals surface area contributed by atoms with Crippen molar-refractivity contribution in [2.45, 2.75) is 38.5 Å². The standard InChI is InChI=1S/C16H26N2/c1-2-8-14-18(13-7-1)15-9-6-12-17-16-10-4-3-5-11-16/h3-5,10-11,17H,1-2,6-9,12-15H2. The van der Waals surface area contributed by atoms with Crippen molar-refractivity contribution >= 4 is 5.69 Å². The normalized spacial score (nSPS) is 17.3. The van der Waals surface area contributed by atoms with E-state index >= 15 is 0 Å². The van der Waals surface area contributed by atoms with E-state index in [4.69, 9.17) is 0 Å². The Kier molecular flexibility index (Phi) is 6.07. The van der Waals surface area contributed by atoms with Crippen LogP contribution in [0.25, 0.3) is 0 Å². The molecule has 0 spiro atoms. The van der Waals surface area contributed by atoms with Crippen molar-refractivity contribution in [3.63, 3.8) is 0 Å². The number of anilines is 1. The summed E-state index contributed by atoms with van der Waals surface area (Å²) in [5, 5.41) is 3.48. The van der Waals surface area contributed by atoms with Crippen molar-refractivity contribution in [3.05, 3.63) is 30.3 Å². The fraction of sp³-hybridized carbons (Fsp3) is 0.625. The predicted octanol–water partition coefficient (Wildman–Crippen LogP) is 3.75. The fourth-order valence-electron chi connectivity index (χ4n) is 2.61. The average molecular weight is 246 g/mol. The zero-order valence-corrected chi connectivity index (χ0v) is 11.4. The monoisotopic (exact) mass is 246 g/mol. The molecule has 2 heteroatoms. The summed E-state index contributed by atoms with van der Waals surface area (Å²) in [4.78, 5) is 2.65. The molecule has 100 valence electrons. The van der Waals surface area contributed by atoms with Gasteiger partial charge in [0.25, 0.3) is 0 Å². The number of benzene rings is 1. The number of hydrogen-bond donors (Lipinski definition) is 1. The molecule has 1 fully saturated rings. The Morgan fingerprint density at radius 3 is 2.33 bits per heavy atom. The minimum absolute atomic E-state index is 1.10. The third-order valence-electron chi connectivity index (χ3n) is 3.70. The minimum Gasteiger partial charge on any atom is -0.385 e. The second-order valence-corrected chi connectivity index (χ2v) is 5.26. The smallest absolute Gasteiger partial charge is 0.0340 e. The highest BCUT2D eigenvalue weighted by molar-refractivity contribution is 5.42. The Morgan fingerprint density at radius 1 is 0.889 bits per heavy atom. The maximum absolute atomic E-state index is 3.48. The molecule has 0 atom stereocenters. The SMILES string of the molecule is c1ccc(NCCCCN2CCCCCC2)cc1. The van der Waals surface area contributed by atoms with Gasteiger partial charge in [0.15, 0.2) is 0 Å². The van der Waals surface area contributed by atoms with Gasteiger partial charge in [0.2, 0.25) is 0 Å². The summed E-state index contributed by atoms with van der Waals surface area (Å²) in [5.41, 5.74) is 1.24. The number of para-hydroxylation sites is 1. The molecular weight excluding hydrogens is 220 g/mol. The molecule has 1 N–H and O–H groups in total. The van der Waals surface area contributed by atoms with E-state index in [0.29, 0.717) is 0 Å². The van der Waals surface area contributed by atoms with Gasteiger partial charge in [0.1, 0.15) is 0 Å². The van der Waals surface area contributed by atoms with Crippen LogP contribution < -0.4 is 5.32 Å². The second kappa shape index (κ2) is 8.15. The molecule has 1 heterocycles. The highest BCUT2D eigenvalue weighted by Gasteiger charge is 2.07. The molecule has 0 bridgehead atoms. The van der Waals surface area contributed by atoms with Gasteiger partial charge < -0.3 is 10.2 Å². The van der Waals surface area contributed by atoms with E-state index in [-0.39, 0.29) is 0 Å². The lowest BCUT2D eigenvalue weighted by Crippen LogP contribution is -2.26. The van der Waals surface area contributed by atoms with Crippen LogP contribution in [0.2, 0.25) is 0 Å². The number of likely N-dealkylation sites (tertiary alicyclic amines) is 1. The number of nitrogens with one attached hydrogen (secondary N) is 1. The Bertz CT molecular complexity index is 302. The van der Waals surface area contributed by atoms with Gasteiger partial charge >= 0.3 is 0 Å². The quantitative estimate of drug-likeness (QED) is 0.769. The molecule has 0 aliphatic carbocycles. The van der Waals surface area contributed by atoms with Gasteiger partial charge in [0, 0.05) is 12.2 Å². The summed E-state index contributed by atoms with van der Waals surface area (Å²) in [6.45, 7) is 5.03. The lowest BCUT2D eigenvalue weighted by molar-refractivity contribution is 0.280. The van der Waals surface area contributed by atoms with E-state index in [1.165, 1.54) is 63.8 Å². The summed E-state index contributed by atoms with van der Waals surface area (Å²) in [6.07, 6.45) is 8.27. The first-order valence-corrected chi connectivity index (χ1v) is 7.46. The molecule has 2 rings (SSSR count). The molecule has 1 aromatic rings. The van der Waals surface area contributed by atoms with Gasteiger partial charge in [-0.25, -0.2) is 0 Å². The van der Waals surface area contributed by atoms with E-state index in [1.54, 1.807) is 0 Å². The first-order chi connectivity index (χ1) is 8.95. The van der Waals surface area contributed by atoms with Gasteiger partial charge in [-0.1, -0.05) is 31.0 Å². The molecular formula is C16H26N2. The Labute approximate surface area is 111 Å². The third-order valence-corrected chi connectivity index (χ3v) is 3.70. The van der Waals surface area contributed by atoms with Crippen molar-refractivity contribution < 1.29 is 0 Å². The number of hydrogen-bond acceptors (Lipinski definition) is 2. The maximum Gasteiger partial charge on any atom is 0.0340 e. The second-order valence-electron chi connectivity index (χ2n) is 5.26. The summed E-state index contributed by atoms with van der Waals surface area (Å²) >= 11 is 0. The summed E-state index contributed by atoms with van der Waals surface area (Å²) < 4.78 is 0. The lowest BCUT2D eigenvalue weighted by Gasteiger charge is -2.19. The van der Waals surface area contributed by atoms with Crippen molar-refractivity contribution in [2.24, 2.45) is 0 Å². The van der Waals surface area contributed by atoms with Crippen LogP contribution in [0, 0.1) is 0 Å². The minimum atomic E-state index is 1.10. The Morgan fingerprint density at radius 2 is 1.61 bits per heavy atom. The molecule has 18 heavy (non-hydrogen) atoms. The lowest BCUT2D eigenvalue weighted by atomic mass is 10.2. The molecule has 0 unspecified atom stereocenters. The first-order valence-electron chi connectivity index (χ1n) is 7.46. The number of rotatable bonds is 6. The zero-order valence-electron chi connectivity index (χ0n) is 11.4. The van der Waals surface area contributed by atoms with Gasteiger partial charge in [0.05, 0.1) is 0 Å². The van der Waals surface area contributed by atoms with E-state index < -0.39 is 0 Å². The molecule has 1 aromatic carbocycles. The van der Waals surface area contributed by atoms with Crippen LogP contribution in [-0.2, 0) is 0 Å². The summed E-state index contributed by atoms with van der Waals surface area (Å²) in [5.74, 6) is 0. The van der Waals surface area contributed by atoms with Crippen LogP contribution in [0.5, 0.6) is 0 Å².